The summed E-state index contributed by atoms with van der Waals surface area (Å²) >= 11 is 0. The predicted octanol–water partition coefficient (Wildman–Crippen LogP) is -0.499. The molecule has 1 aromatic heterocycles. The lowest BCUT2D eigenvalue weighted by molar-refractivity contribution is -0.133. The highest BCUT2D eigenvalue weighted by Gasteiger charge is 2.60. The Morgan fingerprint density at radius 3 is 2.35 bits per heavy atom. The summed E-state index contributed by atoms with van der Waals surface area (Å²) in [7, 11) is 0. The standard InChI is InChI=1S/C18H22N4O4/c1-9-19-14(2-15(23)20-9)17(24)21-3-10-5-22(6-11(10)4-21)18(25)16-12-7-26-8-13(12)16/h2,10-13,16H,3-8H2,1H3,(H,19,20,23)/t10-,11+,12-,13+,16?. The minimum atomic E-state index is -0.309. The normalized spacial score (nSPS) is 34.7. The number of H-pyrrole nitrogens is 1. The minimum absolute atomic E-state index is 0.170. The second-order valence-electron chi connectivity index (χ2n) is 8.08. The first-order valence-electron chi connectivity index (χ1n) is 9.25. The van der Waals surface area contributed by atoms with Crippen molar-refractivity contribution in [1.29, 1.82) is 0 Å². The first-order valence-corrected chi connectivity index (χ1v) is 9.25. The first-order chi connectivity index (χ1) is 12.5. The van der Waals surface area contributed by atoms with E-state index in [4.69, 9.17) is 4.74 Å². The van der Waals surface area contributed by atoms with E-state index in [0.717, 1.165) is 26.3 Å². The summed E-state index contributed by atoms with van der Waals surface area (Å²) in [5.74, 6) is 2.21. The molecule has 0 radical (unpaired) electrons. The molecule has 1 N–H and O–H groups in total. The lowest BCUT2D eigenvalue weighted by Crippen LogP contribution is -2.37. The van der Waals surface area contributed by atoms with Crippen molar-refractivity contribution in [3.05, 3.63) is 27.9 Å². The van der Waals surface area contributed by atoms with E-state index in [9.17, 15) is 14.4 Å². The van der Waals surface area contributed by atoms with E-state index in [1.54, 1.807) is 11.8 Å². The number of carbonyl (C=O) groups excluding carboxylic acids is 2. The van der Waals surface area contributed by atoms with Crippen LogP contribution in [0.4, 0.5) is 0 Å². The van der Waals surface area contributed by atoms with Crippen LogP contribution in [0.25, 0.3) is 0 Å². The zero-order valence-electron chi connectivity index (χ0n) is 14.7. The summed E-state index contributed by atoms with van der Waals surface area (Å²) in [4.78, 5) is 47.4. The van der Waals surface area contributed by atoms with E-state index in [1.807, 2.05) is 4.90 Å². The highest BCUT2D eigenvalue weighted by molar-refractivity contribution is 5.92. The van der Waals surface area contributed by atoms with Crippen molar-refractivity contribution in [2.24, 2.45) is 29.6 Å². The van der Waals surface area contributed by atoms with E-state index in [-0.39, 0.29) is 29.0 Å². The molecule has 1 aromatic rings. The molecule has 4 heterocycles. The summed E-state index contributed by atoms with van der Waals surface area (Å²) in [5.41, 5.74) is -0.110. The Hall–Kier alpha value is -2.22. The van der Waals surface area contributed by atoms with Gasteiger partial charge in [0.25, 0.3) is 11.5 Å². The number of carbonyl (C=O) groups is 2. The van der Waals surface area contributed by atoms with Crippen molar-refractivity contribution in [2.75, 3.05) is 39.4 Å². The molecular weight excluding hydrogens is 336 g/mol. The minimum Gasteiger partial charge on any atom is -0.381 e. The van der Waals surface area contributed by atoms with Gasteiger partial charge in [-0.25, -0.2) is 4.98 Å². The molecule has 1 saturated carbocycles. The third-order valence-electron chi connectivity index (χ3n) is 6.40. The van der Waals surface area contributed by atoms with E-state index in [1.165, 1.54) is 6.07 Å². The summed E-state index contributed by atoms with van der Waals surface area (Å²) in [5, 5.41) is 0. The van der Waals surface area contributed by atoms with Gasteiger partial charge in [-0.3, -0.25) is 14.4 Å². The Bertz CT molecular complexity index is 813. The second kappa shape index (κ2) is 5.64. The van der Waals surface area contributed by atoms with Crippen LogP contribution >= 0.6 is 0 Å². The van der Waals surface area contributed by atoms with Gasteiger partial charge in [0.05, 0.1) is 13.2 Å². The lowest BCUT2D eigenvalue weighted by atomic mass is 10.0. The Balaban J connectivity index is 1.22. The highest BCUT2D eigenvalue weighted by atomic mass is 16.5. The lowest BCUT2D eigenvalue weighted by Gasteiger charge is -2.22. The maximum Gasteiger partial charge on any atom is 0.272 e. The number of likely N-dealkylation sites (tertiary alicyclic amines) is 2. The number of aromatic amines is 1. The summed E-state index contributed by atoms with van der Waals surface area (Å²) < 4.78 is 5.38. The fourth-order valence-corrected chi connectivity index (χ4v) is 5.01. The Morgan fingerprint density at radius 2 is 1.73 bits per heavy atom. The molecular formula is C18H22N4O4. The van der Waals surface area contributed by atoms with Gasteiger partial charge >= 0.3 is 0 Å². The molecule has 1 aliphatic carbocycles. The van der Waals surface area contributed by atoms with Gasteiger partial charge in [-0.1, -0.05) is 0 Å². The molecule has 5 atom stereocenters. The van der Waals surface area contributed by atoms with Crippen LogP contribution in [0.3, 0.4) is 0 Å². The van der Waals surface area contributed by atoms with Crippen LogP contribution < -0.4 is 5.56 Å². The van der Waals surface area contributed by atoms with Crippen molar-refractivity contribution < 1.29 is 14.3 Å². The number of nitrogens with zero attached hydrogens (tertiary/aromatic N) is 3. The fraction of sp³-hybridized carbons (Fsp3) is 0.667. The maximum absolute atomic E-state index is 12.7. The van der Waals surface area contributed by atoms with Crippen LogP contribution in [0, 0.1) is 36.5 Å². The third kappa shape index (κ3) is 2.46. The molecule has 3 saturated heterocycles. The summed E-state index contributed by atoms with van der Waals surface area (Å²) in [6.07, 6.45) is 0. The molecule has 8 nitrogen and oxygen atoms in total. The van der Waals surface area contributed by atoms with Crippen molar-refractivity contribution in [3.8, 4) is 0 Å². The quantitative estimate of drug-likeness (QED) is 0.769. The second-order valence-corrected chi connectivity index (χ2v) is 8.08. The molecule has 4 fully saturated rings. The Morgan fingerprint density at radius 1 is 1.12 bits per heavy atom. The van der Waals surface area contributed by atoms with Gasteiger partial charge in [-0.05, 0) is 18.8 Å². The molecule has 138 valence electrons. The zero-order valence-corrected chi connectivity index (χ0v) is 14.7. The van der Waals surface area contributed by atoms with Crippen LogP contribution in [0.2, 0.25) is 0 Å². The van der Waals surface area contributed by atoms with Gasteiger partial charge in [-0.2, -0.15) is 0 Å². The molecule has 0 bridgehead atoms. The summed E-state index contributed by atoms with van der Waals surface area (Å²) in [6.45, 7) is 5.83. The molecule has 3 aliphatic heterocycles. The van der Waals surface area contributed by atoms with Gasteiger partial charge in [0.15, 0.2) is 0 Å². The monoisotopic (exact) mass is 358 g/mol. The number of ether oxygens (including phenoxy) is 1. The van der Waals surface area contributed by atoms with Crippen molar-refractivity contribution in [1.82, 2.24) is 19.8 Å². The number of fused-ring (bicyclic) bond motifs is 2. The molecule has 2 amide bonds. The molecule has 4 aliphatic rings. The van der Waals surface area contributed by atoms with Gasteiger partial charge < -0.3 is 19.5 Å². The fourth-order valence-electron chi connectivity index (χ4n) is 5.01. The SMILES string of the molecule is Cc1nc(C(=O)N2C[C@@H]3CN(C(=O)C4[C@H]5COC[C@@H]45)C[C@@H]3C2)cc(=O)[nH]1. The smallest absolute Gasteiger partial charge is 0.272 e. The molecule has 0 aromatic carbocycles. The summed E-state index contributed by atoms with van der Waals surface area (Å²) in [6, 6.07) is 1.26. The van der Waals surface area contributed by atoms with Gasteiger partial charge in [0, 0.05) is 50.0 Å². The topological polar surface area (TPSA) is 95.6 Å². The number of rotatable bonds is 2. The van der Waals surface area contributed by atoms with Crippen LogP contribution in [-0.4, -0.2) is 71.0 Å². The average molecular weight is 358 g/mol. The van der Waals surface area contributed by atoms with Gasteiger partial charge in [0.2, 0.25) is 5.91 Å². The molecule has 0 spiro atoms. The Kier molecular flexibility index (Phi) is 3.47. The van der Waals surface area contributed by atoms with Crippen LogP contribution in [0.5, 0.6) is 0 Å². The Labute approximate surface area is 150 Å². The molecule has 1 unspecified atom stereocenters. The number of nitrogens with one attached hydrogen (secondary N) is 1. The van der Waals surface area contributed by atoms with Crippen molar-refractivity contribution in [3.63, 3.8) is 0 Å². The van der Waals surface area contributed by atoms with Crippen molar-refractivity contribution >= 4 is 11.8 Å². The molecule has 26 heavy (non-hydrogen) atoms. The predicted molar refractivity (Wildman–Crippen MR) is 90.3 cm³/mol. The van der Waals surface area contributed by atoms with Crippen molar-refractivity contribution in [2.45, 2.75) is 6.92 Å². The first kappa shape index (κ1) is 16.0. The van der Waals surface area contributed by atoms with Crippen LogP contribution in [0.1, 0.15) is 16.3 Å². The maximum atomic E-state index is 12.7. The van der Waals surface area contributed by atoms with E-state index in [2.05, 4.69) is 9.97 Å². The highest BCUT2D eigenvalue weighted by Crippen LogP contribution is 2.52. The zero-order chi connectivity index (χ0) is 18.0. The van der Waals surface area contributed by atoms with Crippen LogP contribution in [-0.2, 0) is 9.53 Å². The van der Waals surface area contributed by atoms with Gasteiger partial charge in [0.1, 0.15) is 11.5 Å². The van der Waals surface area contributed by atoms with E-state index >= 15 is 0 Å². The number of hydrogen-bond acceptors (Lipinski definition) is 5. The molecule has 5 rings (SSSR count). The van der Waals surface area contributed by atoms with Gasteiger partial charge in [-0.15, -0.1) is 0 Å². The third-order valence-corrected chi connectivity index (χ3v) is 6.40. The van der Waals surface area contributed by atoms with E-state index < -0.39 is 0 Å². The number of hydrogen-bond donors (Lipinski definition) is 1. The largest absolute Gasteiger partial charge is 0.381 e. The number of aryl methyl sites for hydroxylation is 1. The van der Waals surface area contributed by atoms with Crippen LogP contribution in [0.15, 0.2) is 10.9 Å². The average Bonchev–Trinajstić information content (AvgIpc) is 3.00. The molecule has 8 heteroatoms. The number of amides is 2. The number of aromatic nitrogens is 2. The van der Waals surface area contributed by atoms with E-state index in [0.29, 0.717) is 42.6 Å².